The average Bonchev–Trinajstić information content (AvgIpc) is 3.00. The first-order valence-corrected chi connectivity index (χ1v) is 7.86. The maximum absolute atomic E-state index is 12.5. The molecule has 7 heteroatoms. The highest BCUT2D eigenvalue weighted by molar-refractivity contribution is 5.94. The number of H-pyrrole nitrogens is 1. The van der Waals surface area contributed by atoms with E-state index in [0.717, 1.165) is 0 Å². The van der Waals surface area contributed by atoms with Crippen molar-refractivity contribution in [2.24, 2.45) is 0 Å². The van der Waals surface area contributed by atoms with Crippen LogP contribution in [0.4, 0.5) is 0 Å². The Morgan fingerprint density at radius 3 is 2.60 bits per heavy atom. The fraction of sp³-hybridized carbons (Fsp3) is 0.222. The smallest absolute Gasteiger partial charge is 0.272 e. The van der Waals surface area contributed by atoms with E-state index >= 15 is 0 Å². The number of aromatic amines is 1. The number of hydrogen-bond donors (Lipinski definition) is 2. The molecule has 3 aromatic heterocycles. The second-order valence-electron chi connectivity index (χ2n) is 6.66. The predicted octanol–water partition coefficient (Wildman–Crippen LogP) is 2.15. The van der Waals surface area contributed by atoms with Crippen molar-refractivity contribution < 1.29 is 4.79 Å². The summed E-state index contributed by atoms with van der Waals surface area (Å²) in [6, 6.07) is 10.3. The van der Waals surface area contributed by atoms with Crippen molar-refractivity contribution in [2.45, 2.75) is 26.3 Å². The Hall–Kier alpha value is -3.22. The third-order valence-electron chi connectivity index (χ3n) is 3.37. The Bertz CT molecular complexity index is 931. The van der Waals surface area contributed by atoms with E-state index in [1.165, 1.54) is 6.07 Å². The van der Waals surface area contributed by atoms with Crippen LogP contribution in [0.15, 0.2) is 53.6 Å². The van der Waals surface area contributed by atoms with E-state index in [9.17, 15) is 9.59 Å². The number of hydrogen-bond acceptors (Lipinski definition) is 4. The van der Waals surface area contributed by atoms with Crippen LogP contribution in [-0.2, 0) is 0 Å². The zero-order chi connectivity index (χ0) is 18.0. The summed E-state index contributed by atoms with van der Waals surface area (Å²) in [5, 5.41) is 7.31. The molecule has 0 aliphatic carbocycles. The van der Waals surface area contributed by atoms with Gasteiger partial charge in [0.15, 0.2) is 5.69 Å². The van der Waals surface area contributed by atoms with Crippen LogP contribution < -0.4 is 10.9 Å². The Morgan fingerprint density at radius 1 is 1.20 bits per heavy atom. The van der Waals surface area contributed by atoms with Gasteiger partial charge in [0.1, 0.15) is 0 Å². The van der Waals surface area contributed by atoms with Gasteiger partial charge in [-0.1, -0.05) is 6.07 Å². The first kappa shape index (κ1) is 16.6. The molecule has 1 amide bonds. The number of aromatic nitrogens is 4. The largest absolute Gasteiger partial charge is 0.346 e. The third kappa shape index (κ3) is 3.82. The lowest BCUT2D eigenvalue weighted by molar-refractivity contribution is 0.0914. The van der Waals surface area contributed by atoms with Gasteiger partial charge in [-0.25, -0.2) is 4.68 Å². The van der Waals surface area contributed by atoms with Crippen molar-refractivity contribution in [1.82, 2.24) is 25.1 Å². The van der Waals surface area contributed by atoms with Crippen LogP contribution >= 0.6 is 0 Å². The number of nitrogens with one attached hydrogen (secondary N) is 2. The molecule has 128 valence electrons. The van der Waals surface area contributed by atoms with Crippen molar-refractivity contribution in [2.75, 3.05) is 0 Å². The zero-order valence-electron chi connectivity index (χ0n) is 14.3. The predicted molar refractivity (Wildman–Crippen MR) is 94.6 cm³/mol. The van der Waals surface area contributed by atoms with Crippen LogP contribution in [0.2, 0.25) is 0 Å². The van der Waals surface area contributed by atoms with Gasteiger partial charge in [-0.2, -0.15) is 5.10 Å². The van der Waals surface area contributed by atoms with Gasteiger partial charge in [-0.15, -0.1) is 0 Å². The molecular formula is C18H19N5O2. The van der Waals surface area contributed by atoms with Gasteiger partial charge in [0.25, 0.3) is 5.91 Å². The molecule has 0 atom stereocenters. The van der Waals surface area contributed by atoms with Gasteiger partial charge in [0.2, 0.25) is 5.56 Å². The fourth-order valence-electron chi connectivity index (χ4n) is 2.32. The lowest BCUT2D eigenvalue weighted by Gasteiger charge is -2.19. The molecule has 25 heavy (non-hydrogen) atoms. The second kappa shape index (κ2) is 6.35. The van der Waals surface area contributed by atoms with Gasteiger partial charge >= 0.3 is 0 Å². The van der Waals surface area contributed by atoms with Gasteiger partial charge < -0.3 is 10.3 Å². The minimum absolute atomic E-state index is 0.207. The first-order valence-electron chi connectivity index (χ1n) is 7.86. The van der Waals surface area contributed by atoms with E-state index in [1.807, 2.05) is 39.0 Å². The van der Waals surface area contributed by atoms with Crippen molar-refractivity contribution in [3.63, 3.8) is 0 Å². The lowest BCUT2D eigenvalue weighted by Crippen LogP contribution is -2.40. The summed E-state index contributed by atoms with van der Waals surface area (Å²) in [6.07, 6.45) is 3.22. The highest BCUT2D eigenvalue weighted by Crippen LogP contribution is 2.22. The topological polar surface area (TPSA) is 92.7 Å². The minimum atomic E-state index is -0.371. The normalized spacial score (nSPS) is 11.3. The number of carbonyl (C=O) groups is 1. The molecule has 0 aliphatic rings. The molecule has 0 unspecified atom stereocenters. The molecule has 7 nitrogen and oxygen atoms in total. The first-order chi connectivity index (χ1) is 11.8. The molecule has 0 spiro atoms. The SMILES string of the molecule is CC(C)(C)NC(=O)c1cc(-c2ccccn2)n(-c2ccc(=O)[nH]c2)n1. The van der Waals surface area contributed by atoms with Crippen molar-refractivity contribution in [3.8, 4) is 17.1 Å². The van der Waals surface area contributed by atoms with Gasteiger partial charge in [0, 0.05) is 24.0 Å². The Kier molecular flexibility index (Phi) is 4.22. The zero-order valence-corrected chi connectivity index (χ0v) is 14.3. The summed E-state index contributed by atoms with van der Waals surface area (Å²) in [5.41, 5.74) is 1.67. The Morgan fingerprint density at radius 2 is 2.00 bits per heavy atom. The molecule has 3 aromatic rings. The average molecular weight is 337 g/mol. The maximum Gasteiger partial charge on any atom is 0.272 e. The number of pyridine rings is 2. The maximum atomic E-state index is 12.5. The highest BCUT2D eigenvalue weighted by atomic mass is 16.2. The van der Waals surface area contributed by atoms with Crippen molar-refractivity contribution in [3.05, 3.63) is 64.8 Å². The number of amides is 1. The molecule has 0 aromatic carbocycles. The van der Waals surface area contributed by atoms with Crippen LogP contribution in [0.25, 0.3) is 17.1 Å². The fourth-order valence-corrected chi connectivity index (χ4v) is 2.32. The quantitative estimate of drug-likeness (QED) is 0.766. The summed E-state index contributed by atoms with van der Waals surface area (Å²) in [4.78, 5) is 30.7. The van der Waals surface area contributed by atoms with Gasteiger partial charge in [0.05, 0.1) is 17.1 Å². The highest BCUT2D eigenvalue weighted by Gasteiger charge is 2.21. The number of nitrogens with zero attached hydrogens (tertiary/aromatic N) is 3. The van der Waals surface area contributed by atoms with Crippen LogP contribution in [0.5, 0.6) is 0 Å². The van der Waals surface area contributed by atoms with Gasteiger partial charge in [-0.05, 0) is 45.0 Å². The number of carbonyl (C=O) groups excluding carboxylic acids is 1. The summed E-state index contributed by atoms with van der Waals surface area (Å²) in [6.45, 7) is 5.72. The molecule has 0 saturated heterocycles. The van der Waals surface area contributed by atoms with Crippen LogP contribution in [0.1, 0.15) is 31.3 Å². The van der Waals surface area contributed by atoms with Crippen molar-refractivity contribution >= 4 is 5.91 Å². The Labute approximate surface area is 144 Å². The third-order valence-corrected chi connectivity index (χ3v) is 3.37. The molecule has 0 saturated carbocycles. The summed E-state index contributed by atoms with van der Waals surface area (Å²) in [5.74, 6) is -0.271. The van der Waals surface area contributed by atoms with E-state index in [0.29, 0.717) is 17.1 Å². The van der Waals surface area contributed by atoms with E-state index < -0.39 is 0 Å². The van der Waals surface area contributed by atoms with Gasteiger partial charge in [-0.3, -0.25) is 14.6 Å². The second-order valence-corrected chi connectivity index (χ2v) is 6.66. The molecular weight excluding hydrogens is 318 g/mol. The molecule has 0 radical (unpaired) electrons. The molecule has 3 rings (SSSR count). The van der Waals surface area contributed by atoms with Crippen molar-refractivity contribution in [1.29, 1.82) is 0 Å². The van der Waals surface area contributed by atoms with Crippen LogP contribution in [-0.4, -0.2) is 31.2 Å². The lowest BCUT2D eigenvalue weighted by atomic mass is 10.1. The molecule has 0 bridgehead atoms. The van der Waals surface area contributed by atoms with Crippen LogP contribution in [0, 0.1) is 0 Å². The number of rotatable bonds is 3. The monoisotopic (exact) mass is 337 g/mol. The standard InChI is InChI=1S/C18H19N5O2/c1-18(2,3)21-17(25)14-10-15(13-6-4-5-9-19-13)23(22-14)12-7-8-16(24)20-11-12/h4-11H,1-3H3,(H,20,24)(H,21,25). The summed E-state index contributed by atoms with van der Waals surface area (Å²) >= 11 is 0. The van der Waals surface area contributed by atoms with E-state index in [4.69, 9.17) is 0 Å². The Balaban J connectivity index is 2.10. The molecule has 0 fully saturated rings. The minimum Gasteiger partial charge on any atom is -0.346 e. The molecule has 2 N–H and O–H groups in total. The molecule has 0 aliphatic heterocycles. The summed E-state index contributed by atoms with van der Waals surface area (Å²) in [7, 11) is 0. The van der Waals surface area contributed by atoms with E-state index in [1.54, 1.807) is 29.2 Å². The summed E-state index contributed by atoms with van der Waals surface area (Å²) < 4.78 is 1.59. The van der Waals surface area contributed by atoms with Crippen LogP contribution in [0.3, 0.4) is 0 Å². The van der Waals surface area contributed by atoms with E-state index in [2.05, 4.69) is 20.4 Å². The molecule has 3 heterocycles. The van der Waals surface area contributed by atoms with E-state index in [-0.39, 0.29) is 22.7 Å².